The Morgan fingerprint density at radius 1 is 0.750 bits per heavy atom. The summed E-state index contributed by atoms with van der Waals surface area (Å²) >= 11 is 0. The van der Waals surface area contributed by atoms with Crippen molar-refractivity contribution in [2.24, 2.45) is 0 Å². The molecule has 4 aromatic rings. The van der Waals surface area contributed by atoms with Gasteiger partial charge in [-0.1, -0.05) is 42.5 Å². The van der Waals surface area contributed by atoms with E-state index in [4.69, 9.17) is 4.74 Å². The molecule has 0 saturated carbocycles. The van der Waals surface area contributed by atoms with Crippen LogP contribution in [0.2, 0.25) is 0 Å². The second kappa shape index (κ2) is 8.63. The zero-order valence-electron chi connectivity index (χ0n) is 16.0. The summed E-state index contributed by atoms with van der Waals surface area (Å²) in [5.74, 6) is 0.902. The molecule has 0 fully saturated rings. The summed E-state index contributed by atoms with van der Waals surface area (Å²) in [5, 5.41) is 1.21. The average Bonchev–Trinajstić information content (AvgIpc) is 2.74. The van der Waals surface area contributed by atoms with Crippen LogP contribution in [0.4, 0.5) is 0 Å². The number of hydrogen-bond donors (Lipinski definition) is 0. The fourth-order valence-electron chi connectivity index (χ4n) is 3.35. The molecule has 0 aliphatic rings. The van der Waals surface area contributed by atoms with Crippen LogP contribution in [-0.2, 0) is 19.7 Å². The van der Waals surface area contributed by atoms with Gasteiger partial charge in [0, 0.05) is 36.4 Å². The third-order valence-corrected chi connectivity index (χ3v) is 4.69. The highest BCUT2D eigenvalue weighted by Gasteiger charge is 2.09. The quantitative estimate of drug-likeness (QED) is 0.467. The molecule has 4 rings (SSSR count). The van der Waals surface area contributed by atoms with Crippen molar-refractivity contribution < 1.29 is 4.74 Å². The zero-order valence-corrected chi connectivity index (χ0v) is 16.0. The molecule has 140 valence electrons. The molecular formula is C24H23N3O. The molecule has 4 nitrogen and oxygen atoms in total. The molecule has 2 aromatic heterocycles. The van der Waals surface area contributed by atoms with Crippen LogP contribution < -0.4 is 4.74 Å². The number of fused-ring (bicyclic) bond motifs is 1. The Hall–Kier alpha value is -3.24. The molecule has 28 heavy (non-hydrogen) atoms. The molecule has 0 radical (unpaired) electrons. The molecular weight excluding hydrogens is 346 g/mol. The minimum absolute atomic E-state index is 0.469. The van der Waals surface area contributed by atoms with E-state index in [1.54, 1.807) is 6.20 Å². The highest BCUT2D eigenvalue weighted by molar-refractivity contribution is 5.81. The van der Waals surface area contributed by atoms with Gasteiger partial charge in [0.2, 0.25) is 0 Å². The summed E-state index contributed by atoms with van der Waals surface area (Å²) in [6.07, 6.45) is 3.63. The summed E-state index contributed by atoms with van der Waals surface area (Å²) in [7, 11) is 2.13. The molecule has 0 N–H and O–H groups in total. The van der Waals surface area contributed by atoms with Gasteiger partial charge >= 0.3 is 0 Å². The Kier molecular flexibility index (Phi) is 5.59. The molecule has 0 saturated heterocycles. The van der Waals surface area contributed by atoms with Gasteiger partial charge < -0.3 is 4.74 Å². The van der Waals surface area contributed by atoms with Gasteiger partial charge in [-0.15, -0.1) is 0 Å². The van der Waals surface area contributed by atoms with E-state index < -0.39 is 0 Å². The van der Waals surface area contributed by atoms with E-state index >= 15 is 0 Å². The molecule has 0 aliphatic heterocycles. The third kappa shape index (κ3) is 4.35. The van der Waals surface area contributed by atoms with Gasteiger partial charge in [-0.3, -0.25) is 14.9 Å². The van der Waals surface area contributed by atoms with Gasteiger partial charge in [-0.05, 0) is 42.9 Å². The van der Waals surface area contributed by atoms with E-state index in [0.29, 0.717) is 6.61 Å². The maximum Gasteiger partial charge on any atom is 0.130 e. The van der Waals surface area contributed by atoms with Crippen molar-refractivity contribution in [3.63, 3.8) is 0 Å². The van der Waals surface area contributed by atoms with Crippen molar-refractivity contribution in [1.82, 2.24) is 14.9 Å². The van der Waals surface area contributed by atoms with Crippen molar-refractivity contribution in [2.45, 2.75) is 19.7 Å². The van der Waals surface area contributed by atoms with Crippen molar-refractivity contribution in [3.8, 4) is 5.75 Å². The maximum atomic E-state index is 6.05. The fourth-order valence-corrected chi connectivity index (χ4v) is 3.35. The lowest BCUT2D eigenvalue weighted by atomic mass is 10.1. The number of pyridine rings is 2. The summed E-state index contributed by atoms with van der Waals surface area (Å²) in [6, 6.07) is 24.5. The first-order chi connectivity index (χ1) is 13.8. The normalized spacial score (nSPS) is 11.1. The molecule has 0 bridgehead atoms. The molecule has 4 heteroatoms. The van der Waals surface area contributed by atoms with Crippen molar-refractivity contribution in [1.29, 1.82) is 0 Å². The Morgan fingerprint density at radius 2 is 1.54 bits per heavy atom. The molecule has 0 aliphatic carbocycles. The van der Waals surface area contributed by atoms with Crippen LogP contribution in [0.15, 0.2) is 85.2 Å². The van der Waals surface area contributed by atoms with Crippen LogP contribution in [0.1, 0.15) is 16.8 Å². The number of rotatable bonds is 7. The topological polar surface area (TPSA) is 38.2 Å². The van der Waals surface area contributed by atoms with Gasteiger partial charge in [0.25, 0.3) is 0 Å². The number of aromatic nitrogens is 2. The lowest BCUT2D eigenvalue weighted by Gasteiger charge is -2.20. The third-order valence-electron chi connectivity index (χ3n) is 4.69. The van der Waals surface area contributed by atoms with E-state index in [1.165, 1.54) is 16.5 Å². The van der Waals surface area contributed by atoms with E-state index in [9.17, 15) is 0 Å². The Balaban J connectivity index is 1.46. The van der Waals surface area contributed by atoms with Crippen LogP contribution in [0.3, 0.4) is 0 Å². The average molecular weight is 369 g/mol. The Morgan fingerprint density at radius 3 is 2.43 bits per heavy atom. The second-order valence-corrected chi connectivity index (χ2v) is 6.88. The Labute approximate surface area is 165 Å². The monoisotopic (exact) mass is 369 g/mol. The number of nitrogens with zero attached hydrogens (tertiary/aromatic N) is 3. The standard InChI is InChI=1S/C24H23N3O/c1-27(16-19-9-6-12-23-22(19)11-7-15-26-23)17-20-8-2-3-13-24(20)28-18-21-10-4-5-14-25-21/h2-15H,16-18H2,1H3. The lowest BCUT2D eigenvalue weighted by Crippen LogP contribution is -2.18. The van der Waals surface area contributed by atoms with Crippen LogP contribution in [0.5, 0.6) is 5.75 Å². The minimum atomic E-state index is 0.469. The molecule has 0 spiro atoms. The molecule has 0 unspecified atom stereocenters. The fraction of sp³-hybridized carbons (Fsp3) is 0.167. The van der Waals surface area contributed by atoms with E-state index in [-0.39, 0.29) is 0 Å². The lowest BCUT2D eigenvalue weighted by molar-refractivity contribution is 0.279. The van der Waals surface area contributed by atoms with E-state index in [2.05, 4.69) is 58.3 Å². The summed E-state index contributed by atoms with van der Waals surface area (Å²) in [6.45, 7) is 2.11. The van der Waals surface area contributed by atoms with Crippen molar-refractivity contribution >= 4 is 10.9 Å². The van der Waals surface area contributed by atoms with Crippen LogP contribution in [-0.4, -0.2) is 21.9 Å². The predicted octanol–water partition coefficient (Wildman–Crippen LogP) is 4.84. The van der Waals surface area contributed by atoms with E-state index in [1.807, 2.05) is 42.6 Å². The first kappa shape index (κ1) is 18.1. The highest BCUT2D eigenvalue weighted by atomic mass is 16.5. The summed E-state index contributed by atoms with van der Waals surface area (Å²) < 4.78 is 6.05. The van der Waals surface area contributed by atoms with Gasteiger partial charge in [0.1, 0.15) is 12.4 Å². The zero-order chi connectivity index (χ0) is 19.2. The SMILES string of the molecule is CN(Cc1ccccc1OCc1ccccn1)Cc1cccc2ncccc12. The van der Waals surface area contributed by atoms with Gasteiger partial charge in [-0.25, -0.2) is 0 Å². The van der Waals surface area contributed by atoms with Crippen LogP contribution in [0, 0.1) is 0 Å². The largest absolute Gasteiger partial charge is 0.487 e. The molecule has 0 atom stereocenters. The van der Waals surface area contributed by atoms with E-state index in [0.717, 1.165) is 30.0 Å². The first-order valence-corrected chi connectivity index (χ1v) is 9.41. The first-order valence-electron chi connectivity index (χ1n) is 9.41. The Bertz CT molecular complexity index is 1040. The smallest absolute Gasteiger partial charge is 0.130 e. The minimum Gasteiger partial charge on any atom is -0.487 e. The number of para-hydroxylation sites is 1. The highest BCUT2D eigenvalue weighted by Crippen LogP contribution is 2.23. The maximum absolute atomic E-state index is 6.05. The van der Waals surface area contributed by atoms with Crippen LogP contribution in [0.25, 0.3) is 10.9 Å². The summed E-state index contributed by atoms with van der Waals surface area (Å²) in [5.41, 5.74) is 4.40. The van der Waals surface area contributed by atoms with Crippen molar-refractivity contribution in [3.05, 3.63) is 102 Å². The van der Waals surface area contributed by atoms with Crippen molar-refractivity contribution in [2.75, 3.05) is 7.05 Å². The number of ether oxygens (including phenoxy) is 1. The van der Waals surface area contributed by atoms with Crippen LogP contribution >= 0.6 is 0 Å². The number of hydrogen-bond acceptors (Lipinski definition) is 4. The molecule has 2 aromatic carbocycles. The van der Waals surface area contributed by atoms with Gasteiger partial charge in [-0.2, -0.15) is 0 Å². The van der Waals surface area contributed by atoms with Gasteiger partial charge in [0.15, 0.2) is 0 Å². The second-order valence-electron chi connectivity index (χ2n) is 6.88. The number of benzene rings is 2. The molecule has 2 heterocycles. The summed E-state index contributed by atoms with van der Waals surface area (Å²) in [4.78, 5) is 11.1. The van der Waals surface area contributed by atoms with Gasteiger partial charge in [0.05, 0.1) is 11.2 Å². The molecule has 0 amide bonds. The predicted molar refractivity (Wildman–Crippen MR) is 112 cm³/mol.